The number of hydrogen-bond donors (Lipinski definition) is 2. The predicted molar refractivity (Wildman–Crippen MR) is 114 cm³/mol. The van der Waals surface area contributed by atoms with Gasteiger partial charge in [0, 0.05) is 29.7 Å². The highest BCUT2D eigenvalue weighted by Gasteiger charge is 2.30. The largest absolute Gasteiger partial charge is 0.416 e. The van der Waals surface area contributed by atoms with Crippen molar-refractivity contribution in [2.45, 2.75) is 6.18 Å². The van der Waals surface area contributed by atoms with Crippen LogP contribution in [0.2, 0.25) is 0 Å². The Morgan fingerprint density at radius 3 is 2.26 bits per heavy atom. The standard InChI is InChI=1S/C23H20F3N3O2/c1-29(20-11-3-2-4-12-20)22(31)16-7-5-10-19(13-16)28-21(30)15-27-18-9-6-8-17(14-18)23(24,25)26/h2-14,27H,15H2,1H3,(H,28,30). The molecule has 0 radical (unpaired) electrons. The van der Waals surface area contributed by atoms with Crippen molar-refractivity contribution in [3.05, 3.63) is 90.0 Å². The number of carbonyl (C=O) groups excluding carboxylic acids is 2. The number of nitrogens with zero attached hydrogens (tertiary/aromatic N) is 1. The van der Waals surface area contributed by atoms with Crippen LogP contribution in [0.3, 0.4) is 0 Å². The highest BCUT2D eigenvalue weighted by molar-refractivity contribution is 6.06. The summed E-state index contributed by atoms with van der Waals surface area (Å²) in [4.78, 5) is 26.4. The van der Waals surface area contributed by atoms with Gasteiger partial charge in [0.15, 0.2) is 0 Å². The van der Waals surface area contributed by atoms with E-state index in [4.69, 9.17) is 0 Å². The van der Waals surface area contributed by atoms with Crippen LogP contribution in [-0.4, -0.2) is 25.4 Å². The van der Waals surface area contributed by atoms with Gasteiger partial charge in [-0.2, -0.15) is 13.2 Å². The molecule has 0 bridgehead atoms. The monoisotopic (exact) mass is 427 g/mol. The Kier molecular flexibility index (Phi) is 6.59. The SMILES string of the molecule is CN(C(=O)c1cccc(NC(=O)CNc2cccc(C(F)(F)F)c2)c1)c1ccccc1. The van der Waals surface area contributed by atoms with Gasteiger partial charge >= 0.3 is 6.18 Å². The summed E-state index contributed by atoms with van der Waals surface area (Å²) in [6.07, 6.45) is -4.46. The molecule has 0 spiro atoms. The van der Waals surface area contributed by atoms with Gasteiger partial charge in [0.05, 0.1) is 12.1 Å². The van der Waals surface area contributed by atoms with E-state index < -0.39 is 17.6 Å². The molecule has 0 aliphatic rings. The number of rotatable bonds is 6. The smallest absolute Gasteiger partial charge is 0.376 e. The van der Waals surface area contributed by atoms with Crippen molar-refractivity contribution in [3.63, 3.8) is 0 Å². The average molecular weight is 427 g/mol. The van der Waals surface area contributed by atoms with Gasteiger partial charge in [-0.15, -0.1) is 0 Å². The molecule has 8 heteroatoms. The molecule has 3 rings (SSSR count). The first-order valence-electron chi connectivity index (χ1n) is 9.38. The Bertz CT molecular complexity index is 1070. The quantitative estimate of drug-likeness (QED) is 0.580. The molecule has 3 aromatic rings. The van der Waals surface area contributed by atoms with Crippen molar-refractivity contribution in [1.29, 1.82) is 0 Å². The highest BCUT2D eigenvalue weighted by atomic mass is 19.4. The van der Waals surface area contributed by atoms with Crippen LogP contribution >= 0.6 is 0 Å². The van der Waals surface area contributed by atoms with E-state index in [0.29, 0.717) is 11.3 Å². The number of para-hydroxylation sites is 1. The molecule has 0 aliphatic heterocycles. The maximum atomic E-state index is 12.8. The molecule has 160 valence electrons. The fourth-order valence-corrected chi connectivity index (χ4v) is 2.89. The summed E-state index contributed by atoms with van der Waals surface area (Å²) < 4.78 is 38.4. The van der Waals surface area contributed by atoms with Crippen LogP contribution in [0.4, 0.5) is 30.2 Å². The van der Waals surface area contributed by atoms with Crippen LogP contribution < -0.4 is 15.5 Å². The molecule has 31 heavy (non-hydrogen) atoms. The number of anilines is 3. The molecular weight excluding hydrogens is 407 g/mol. The van der Waals surface area contributed by atoms with Gasteiger partial charge in [0.2, 0.25) is 5.91 Å². The molecule has 0 heterocycles. The van der Waals surface area contributed by atoms with E-state index in [0.717, 1.165) is 17.8 Å². The maximum Gasteiger partial charge on any atom is 0.416 e. The zero-order valence-corrected chi connectivity index (χ0v) is 16.6. The lowest BCUT2D eigenvalue weighted by molar-refractivity contribution is -0.137. The molecule has 0 saturated heterocycles. The molecule has 2 N–H and O–H groups in total. The third-order valence-electron chi connectivity index (χ3n) is 4.48. The molecule has 2 amide bonds. The third-order valence-corrected chi connectivity index (χ3v) is 4.48. The zero-order valence-electron chi connectivity index (χ0n) is 16.6. The summed E-state index contributed by atoms with van der Waals surface area (Å²) in [5.41, 5.74) is 0.899. The summed E-state index contributed by atoms with van der Waals surface area (Å²) in [6, 6.07) is 20.2. The van der Waals surface area contributed by atoms with E-state index in [1.54, 1.807) is 31.3 Å². The van der Waals surface area contributed by atoms with Gasteiger partial charge in [-0.05, 0) is 48.5 Å². The van der Waals surface area contributed by atoms with Crippen LogP contribution in [0.25, 0.3) is 0 Å². The molecule has 0 saturated carbocycles. The average Bonchev–Trinajstić information content (AvgIpc) is 2.77. The molecule has 5 nitrogen and oxygen atoms in total. The minimum absolute atomic E-state index is 0.179. The Hall–Kier alpha value is -3.81. The third kappa shape index (κ3) is 5.85. The molecule has 0 aliphatic carbocycles. The van der Waals surface area contributed by atoms with Gasteiger partial charge in [0.25, 0.3) is 5.91 Å². The second-order valence-electron chi connectivity index (χ2n) is 6.76. The number of hydrogen-bond acceptors (Lipinski definition) is 3. The van der Waals surface area contributed by atoms with E-state index in [2.05, 4.69) is 10.6 Å². The topological polar surface area (TPSA) is 61.4 Å². The van der Waals surface area contributed by atoms with E-state index in [-0.39, 0.29) is 18.1 Å². The Labute approximate surface area is 177 Å². The van der Waals surface area contributed by atoms with Crippen LogP contribution in [0.15, 0.2) is 78.9 Å². The van der Waals surface area contributed by atoms with E-state index in [1.165, 1.54) is 17.0 Å². The normalized spacial score (nSPS) is 11.0. The first kappa shape index (κ1) is 21.9. The maximum absolute atomic E-state index is 12.8. The summed E-state index contributed by atoms with van der Waals surface area (Å²) in [6.45, 7) is -0.233. The molecule has 0 fully saturated rings. The Balaban J connectivity index is 1.62. The minimum Gasteiger partial charge on any atom is -0.376 e. The van der Waals surface area contributed by atoms with Crippen molar-refractivity contribution >= 4 is 28.9 Å². The van der Waals surface area contributed by atoms with Crippen LogP contribution in [-0.2, 0) is 11.0 Å². The molecule has 0 unspecified atom stereocenters. The van der Waals surface area contributed by atoms with Gasteiger partial charge in [0.1, 0.15) is 0 Å². The lowest BCUT2D eigenvalue weighted by Gasteiger charge is -2.18. The number of nitrogens with one attached hydrogen (secondary N) is 2. The summed E-state index contributed by atoms with van der Waals surface area (Å²) in [5, 5.41) is 5.30. The van der Waals surface area contributed by atoms with Crippen molar-refractivity contribution in [2.24, 2.45) is 0 Å². The summed E-state index contributed by atoms with van der Waals surface area (Å²) in [7, 11) is 1.65. The van der Waals surface area contributed by atoms with E-state index in [9.17, 15) is 22.8 Å². The van der Waals surface area contributed by atoms with E-state index >= 15 is 0 Å². The first-order valence-corrected chi connectivity index (χ1v) is 9.38. The predicted octanol–water partition coefficient (Wildman–Crippen LogP) is 5.03. The molecule has 3 aromatic carbocycles. The summed E-state index contributed by atoms with van der Waals surface area (Å²) in [5.74, 6) is -0.706. The lowest BCUT2D eigenvalue weighted by Crippen LogP contribution is -2.26. The van der Waals surface area contributed by atoms with Crippen molar-refractivity contribution in [1.82, 2.24) is 0 Å². The van der Waals surface area contributed by atoms with Crippen molar-refractivity contribution in [3.8, 4) is 0 Å². The number of halogens is 3. The molecular formula is C23H20F3N3O2. The summed E-state index contributed by atoms with van der Waals surface area (Å²) >= 11 is 0. The zero-order chi connectivity index (χ0) is 22.4. The second kappa shape index (κ2) is 9.34. The van der Waals surface area contributed by atoms with Crippen LogP contribution in [0.5, 0.6) is 0 Å². The van der Waals surface area contributed by atoms with Gasteiger partial charge in [-0.3, -0.25) is 9.59 Å². The number of benzene rings is 3. The van der Waals surface area contributed by atoms with E-state index in [1.807, 2.05) is 30.3 Å². The Morgan fingerprint density at radius 1 is 0.871 bits per heavy atom. The molecule has 0 atom stereocenters. The second-order valence-corrected chi connectivity index (χ2v) is 6.76. The lowest BCUT2D eigenvalue weighted by atomic mass is 10.1. The van der Waals surface area contributed by atoms with Crippen molar-refractivity contribution in [2.75, 3.05) is 29.1 Å². The number of carbonyl (C=O) groups is 2. The van der Waals surface area contributed by atoms with Gasteiger partial charge < -0.3 is 15.5 Å². The minimum atomic E-state index is -4.46. The fraction of sp³-hybridized carbons (Fsp3) is 0.130. The van der Waals surface area contributed by atoms with Gasteiger partial charge in [-0.1, -0.05) is 30.3 Å². The van der Waals surface area contributed by atoms with Gasteiger partial charge in [-0.25, -0.2) is 0 Å². The highest BCUT2D eigenvalue weighted by Crippen LogP contribution is 2.30. The van der Waals surface area contributed by atoms with Crippen molar-refractivity contribution < 1.29 is 22.8 Å². The number of amides is 2. The fourth-order valence-electron chi connectivity index (χ4n) is 2.89. The Morgan fingerprint density at radius 2 is 1.55 bits per heavy atom. The first-order chi connectivity index (χ1) is 14.7. The molecule has 0 aromatic heterocycles. The number of alkyl halides is 3. The van der Waals surface area contributed by atoms with Crippen LogP contribution in [0, 0.1) is 0 Å². The van der Waals surface area contributed by atoms with Crippen LogP contribution in [0.1, 0.15) is 15.9 Å².